The molecule has 0 aromatic rings. The molecule has 276 valence electrons. The summed E-state index contributed by atoms with van der Waals surface area (Å²) in [4.78, 5) is 2.35. The first kappa shape index (κ1) is 42.7. The highest BCUT2D eigenvalue weighted by atomic mass is 16.8. The van der Waals surface area contributed by atoms with Crippen LogP contribution in [-0.4, -0.2) is 43.0 Å². The van der Waals surface area contributed by atoms with E-state index in [0.29, 0.717) is 6.04 Å². The van der Waals surface area contributed by atoms with E-state index in [1.165, 1.54) is 122 Å². The predicted octanol–water partition coefficient (Wildman–Crippen LogP) is 13.8. The summed E-state index contributed by atoms with van der Waals surface area (Å²) in [5, 5.41) is 0. The van der Waals surface area contributed by atoms with Crippen LogP contribution in [0.15, 0.2) is 60.8 Å². The summed E-state index contributed by atoms with van der Waals surface area (Å²) in [5.74, 6) is -0.336. The van der Waals surface area contributed by atoms with Gasteiger partial charge in [-0.25, -0.2) is 0 Å². The first-order valence-corrected chi connectivity index (χ1v) is 20.9. The van der Waals surface area contributed by atoms with Crippen LogP contribution in [0.2, 0.25) is 0 Å². The molecule has 0 aromatic heterocycles. The van der Waals surface area contributed by atoms with E-state index in [0.717, 1.165) is 51.4 Å². The van der Waals surface area contributed by atoms with Gasteiger partial charge in [0, 0.05) is 18.9 Å². The monoisotopic (exact) mass is 666 g/mol. The summed E-state index contributed by atoms with van der Waals surface area (Å²) < 4.78 is 13.6. The zero-order valence-electron chi connectivity index (χ0n) is 32.4. The molecule has 2 unspecified atom stereocenters. The third-order valence-corrected chi connectivity index (χ3v) is 10.3. The fourth-order valence-electron chi connectivity index (χ4n) is 7.23. The van der Waals surface area contributed by atoms with Crippen molar-refractivity contribution in [2.24, 2.45) is 0 Å². The largest absolute Gasteiger partial charge is 0.344 e. The lowest BCUT2D eigenvalue weighted by Crippen LogP contribution is -2.34. The summed E-state index contributed by atoms with van der Waals surface area (Å²) in [7, 11) is 4.39. The van der Waals surface area contributed by atoms with Crippen molar-refractivity contribution in [2.75, 3.05) is 14.1 Å². The summed E-state index contributed by atoms with van der Waals surface area (Å²) in [5.41, 5.74) is 0. The van der Waals surface area contributed by atoms with Gasteiger partial charge in [0.2, 0.25) is 0 Å². The standard InChI is InChI=1S/C45H79NO2/c1-5-7-9-11-13-15-17-19-21-23-25-27-29-31-33-35-37-39-45(47-43-40-42(46(3)4)41-44(43)48-45)38-36-34-32-30-28-26-24-22-20-18-16-14-12-10-8-6-2/h15-18,21-24,28,30,42-44H,5-14,19-20,25-27,29,31-41H2,1-4H3/b17-15-,18-16-,23-21-,24-22-,30-28-/t42?,43-,44+,45?. The molecule has 0 radical (unpaired) electrons. The van der Waals surface area contributed by atoms with Crippen molar-refractivity contribution >= 4 is 0 Å². The lowest BCUT2D eigenvalue weighted by Gasteiger charge is -2.31. The van der Waals surface area contributed by atoms with E-state index in [9.17, 15) is 0 Å². The fourth-order valence-corrected chi connectivity index (χ4v) is 7.23. The molecule has 1 heterocycles. The van der Waals surface area contributed by atoms with Crippen molar-refractivity contribution in [3.63, 3.8) is 0 Å². The third-order valence-electron chi connectivity index (χ3n) is 10.3. The Kier molecular flexibility index (Phi) is 26.1. The molecule has 1 saturated carbocycles. The smallest absolute Gasteiger partial charge is 0.169 e. The Bertz CT molecular complexity index is 869. The fraction of sp³-hybridized carbons (Fsp3) is 0.778. The van der Waals surface area contributed by atoms with Crippen LogP contribution in [0.5, 0.6) is 0 Å². The topological polar surface area (TPSA) is 21.7 Å². The maximum Gasteiger partial charge on any atom is 0.169 e. The Morgan fingerprint density at radius 2 is 0.792 bits per heavy atom. The van der Waals surface area contributed by atoms with E-state index in [-0.39, 0.29) is 18.0 Å². The second-order valence-electron chi connectivity index (χ2n) is 15.0. The number of ether oxygens (including phenoxy) is 2. The molecule has 0 amide bonds. The minimum Gasteiger partial charge on any atom is -0.344 e. The van der Waals surface area contributed by atoms with Crippen LogP contribution < -0.4 is 0 Å². The van der Waals surface area contributed by atoms with Gasteiger partial charge in [-0.1, -0.05) is 139 Å². The van der Waals surface area contributed by atoms with Crippen molar-refractivity contribution in [1.82, 2.24) is 4.90 Å². The molecule has 3 heteroatoms. The molecule has 2 aliphatic rings. The third kappa shape index (κ3) is 20.9. The molecule has 4 atom stereocenters. The summed E-state index contributed by atoms with van der Waals surface area (Å²) in [6, 6.07) is 0.593. The SMILES string of the molecule is CCCCCC/C=C\C/C=C\C/C=C\CCCCC1(CCCCCCCC/C=C\C/C=C\CCCCCC)O[C@H]2CC(N(C)C)C[C@H]2O1. The average Bonchev–Trinajstić information content (AvgIpc) is 3.63. The zero-order chi connectivity index (χ0) is 34.4. The highest BCUT2D eigenvalue weighted by Crippen LogP contribution is 2.44. The van der Waals surface area contributed by atoms with Crippen molar-refractivity contribution < 1.29 is 9.47 Å². The van der Waals surface area contributed by atoms with Crippen LogP contribution in [0.1, 0.15) is 187 Å². The number of nitrogens with zero attached hydrogens (tertiary/aromatic N) is 1. The van der Waals surface area contributed by atoms with Crippen LogP contribution in [0.4, 0.5) is 0 Å². The number of unbranched alkanes of at least 4 members (excludes halogenated alkanes) is 16. The molecule has 0 bridgehead atoms. The van der Waals surface area contributed by atoms with Gasteiger partial charge in [0.1, 0.15) is 0 Å². The molecular weight excluding hydrogens is 587 g/mol. The molecule has 0 spiro atoms. The first-order chi connectivity index (χ1) is 23.6. The summed E-state index contributed by atoms with van der Waals surface area (Å²) >= 11 is 0. The molecule has 2 rings (SSSR count). The van der Waals surface area contributed by atoms with Gasteiger partial charge in [0.05, 0.1) is 12.2 Å². The Morgan fingerprint density at radius 3 is 1.21 bits per heavy atom. The Hall–Kier alpha value is -1.42. The summed E-state index contributed by atoms with van der Waals surface area (Å²) in [6.45, 7) is 4.55. The maximum atomic E-state index is 6.81. The average molecular weight is 666 g/mol. The van der Waals surface area contributed by atoms with Crippen LogP contribution in [0.25, 0.3) is 0 Å². The Balaban J connectivity index is 1.57. The summed E-state index contributed by atoms with van der Waals surface area (Å²) in [6.07, 6.45) is 57.6. The number of rotatable bonds is 31. The van der Waals surface area contributed by atoms with E-state index < -0.39 is 0 Å². The van der Waals surface area contributed by atoms with E-state index in [1.54, 1.807) is 0 Å². The number of hydrogen-bond acceptors (Lipinski definition) is 3. The lowest BCUT2D eigenvalue weighted by atomic mass is 9.99. The van der Waals surface area contributed by atoms with Crippen molar-refractivity contribution in [3.8, 4) is 0 Å². The molecule has 0 aromatic carbocycles. The molecule has 1 aliphatic carbocycles. The second-order valence-corrected chi connectivity index (χ2v) is 15.0. The molecular formula is C45H79NO2. The molecule has 0 N–H and O–H groups in total. The van der Waals surface area contributed by atoms with Gasteiger partial charge >= 0.3 is 0 Å². The number of allylic oxidation sites excluding steroid dienone is 10. The Labute approximate surface area is 299 Å². The highest BCUT2D eigenvalue weighted by Gasteiger charge is 2.51. The minimum absolute atomic E-state index is 0.286. The van der Waals surface area contributed by atoms with Crippen LogP contribution in [-0.2, 0) is 9.47 Å². The predicted molar refractivity (Wildman–Crippen MR) is 212 cm³/mol. The lowest BCUT2D eigenvalue weighted by molar-refractivity contribution is -0.192. The van der Waals surface area contributed by atoms with Crippen molar-refractivity contribution in [2.45, 2.75) is 211 Å². The van der Waals surface area contributed by atoms with Gasteiger partial charge < -0.3 is 14.4 Å². The minimum atomic E-state index is -0.336. The normalized spacial score (nSPS) is 23.1. The van der Waals surface area contributed by atoms with Gasteiger partial charge in [-0.2, -0.15) is 0 Å². The molecule has 1 saturated heterocycles. The van der Waals surface area contributed by atoms with Gasteiger partial charge in [-0.15, -0.1) is 0 Å². The van der Waals surface area contributed by atoms with Gasteiger partial charge in [-0.05, 0) is 110 Å². The van der Waals surface area contributed by atoms with Crippen molar-refractivity contribution in [3.05, 3.63) is 60.8 Å². The van der Waals surface area contributed by atoms with Crippen LogP contribution in [0.3, 0.4) is 0 Å². The maximum absolute atomic E-state index is 6.81. The van der Waals surface area contributed by atoms with Gasteiger partial charge in [0.25, 0.3) is 0 Å². The van der Waals surface area contributed by atoms with E-state index >= 15 is 0 Å². The van der Waals surface area contributed by atoms with E-state index in [2.05, 4.69) is 93.6 Å². The molecule has 1 aliphatic heterocycles. The first-order valence-electron chi connectivity index (χ1n) is 20.9. The number of fused-ring (bicyclic) bond motifs is 1. The van der Waals surface area contributed by atoms with E-state index in [4.69, 9.17) is 9.47 Å². The molecule has 3 nitrogen and oxygen atoms in total. The van der Waals surface area contributed by atoms with E-state index in [1.807, 2.05) is 0 Å². The zero-order valence-corrected chi connectivity index (χ0v) is 32.4. The van der Waals surface area contributed by atoms with Crippen molar-refractivity contribution in [1.29, 1.82) is 0 Å². The second kappa shape index (κ2) is 29.3. The number of hydrogen-bond donors (Lipinski definition) is 0. The van der Waals surface area contributed by atoms with Crippen LogP contribution in [0, 0.1) is 0 Å². The highest BCUT2D eigenvalue weighted by molar-refractivity contribution is 4.98. The Morgan fingerprint density at radius 1 is 0.458 bits per heavy atom. The molecule has 2 fully saturated rings. The molecule has 48 heavy (non-hydrogen) atoms. The quantitative estimate of drug-likeness (QED) is 0.0543. The van der Waals surface area contributed by atoms with Crippen LogP contribution >= 0.6 is 0 Å². The van der Waals surface area contributed by atoms with Gasteiger partial charge in [-0.3, -0.25) is 0 Å². The van der Waals surface area contributed by atoms with Gasteiger partial charge in [0.15, 0.2) is 5.79 Å².